The third kappa shape index (κ3) is 4.23. The van der Waals surface area contributed by atoms with Crippen molar-refractivity contribution in [3.05, 3.63) is 29.6 Å². The van der Waals surface area contributed by atoms with Crippen LogP contribution >= 0.6 is 11.8 Å². The summed E-state index contributed by atoms with van der Waals surface area (Å²) in [6, 6.07) is 1.91. The predicted molar refractivity (Wildman–Crippen MR) is 85.2 cm³/mol. The normalized spacial score (nSPS) is 20.7. The van der Waals surface area contributed by atoms with E-state index in [2.05, 4.69) is 29.1 Å². The second-order valence-electron chi connectivity index (χ2n) is 4.89. The fourth-order valence-electron chi connectivity index (χ4n) is 2.58. The first kappa shape index (κ1) is 15.9. The monoisotopic (exact) mass is 304 g/mol. The zero-order chi connectivity index (χ0) is 15.1. The maximum Gasteiger partial charge on any atom is 0.252 e. The van der Waals surface area contributed by atoms with Crippen LogP contribution in [0.4, 0.5) is 0 Å². The van der Waals surface area contributed by atoms with Crippen molar-refractivity contribution in [2.45, 2.75) is 37.5 Å². The molecule has 0 radical (unpaired) electrons. The molecule has 0 aliphatic heterocycles. The van der Waals surface area contributed by atoms with Gasteiger partial charge in [-0.2, -0.15) is 11.8 Å². The molecule has 21 heavy (non-hydrogen) atoms. The summed E-state index contributed by atoms with van der Waals surface area (Å²) in [5, 5.41) is 12.4. The van der Waals surface area contributed by atoms with E-state index in [1.807, 2.05) is 11.8 Å². The number of hydrogen-bond acceptors (Lipinski definition) is 4. The van der Waals surface area contributed by atoms with Gasteiger partial charge < -0.3 is 10.4 Å². The SMILES string of the molecule is CCSC1CCCC1NC(=O)c1ccncc1C#CCO. The molecule has 4 nitrogen and oxygen atoms in total. The number of carbonyl (C=O) groups excluding carboxylic acids is 1. The third-order valence-electron chi connectivity index (χ3n) is 3.52. The molecule has 1 aliphatic carbocycles. The number of aliphatic hydroxyl groups is 1. The highest BCUT2D eigenvalue weighted by Gasteiger charge is 2.29. The van der Waals surface area contributed by atoms with E-state index in [9.17, 15) is 4.79 Å². The molecule has 112 valence electrons. The number of nitrogens with zero attached hydrogens (tertiary/aromatic N) is 1. The third-order valence-corrected chi connectivity index (χ3v) is 4.84. The Labute approximate surface area is 129 Å². The second kappa shape index (κ2) is 8.06. The van der Waals surface area contributed by atoms with Crippen LogP contribution in [0, 0.1) is 11.8 Å². The summed E-state index contributed by atoms with van der Waals surface area (Å²) in [5.74, 6) is 6.31. The number of thioether (sulfide) groups is 1. The van der Waals surface area contributed by atoms with Crippen LogP contribution in [0.5, 0.6) is 0 Å². The molecule has 5 heteroatoms. The lowest BCUT2D eigenvalue weighted by atomic mass is 10.1. The molecule has 2 atom stereocenters. The molecule has 0 bridgehead atoms. The van der Waals surface area contributed by atoms with Crippen LogP contribution in [0.3, 0.4) is 0 Å². The maximum absolute atomic E-state index is 12.5. The molecule has 0 saturated heterocycles. The fourth-order valence-corrected chi connectivity index (χ4v) is 3.78. The van der Waals surface area contributed by atoms with Gasteiger partial charge in [-0.05, 0) is 24.7 Å². The fraction of sp³-hybridized carbons (Fsp3) is 0.500. The molecule has 1 aromatic heterocycles. The molecule has 2 unspecified atom stereocenters. The summed E-state index contributed by atoms with van der Waals surface area (Å²) >= 11 is 1.91. The number of pyridine rings is 1. The van der Waals surface area contributed by atoms with Gasteiger partial charge in [0, 0.05) is 23.7 Å². The molecule has 0 aromatic carbocycles. The van der Waals surface area contributed by atoms with Gasteiger partial charge in [0.05, 0.1) is 11.1 Å². The minimum absolute atomic E-state index is 0.103. The lowest BCUT2D eigenvalue weighted by Gasteiger charge is -2.20. The van der Waals surface area contributed by atoms with E-state index in [0.717, 1.165) is 25.0 Å². The van der Waals surface area contributed by atoms with E-state index in [-0.39, 0.29) is 18.6 Å². The smallest absolute Gasteiger partial charge is 0.252 e. The Hall–Kier alpha value is -1.51. The zero-order valence-electron chi connectivity index (χ0n) is 12.1. The summed E-state index contributed by atoms with van der Waals surface area (Å²) in [4.78, 5) is 16.4. The molecule has 1 heterocycles. The molecule has 0 spiro atoms. The summed E-state index contributed by atoms with van der Waals surface area (Å²) in [5.41, 5.74) is 1.08. The Balaban J connectivity index is 2.10. The number of aromatic nitrogens is 1. The lowest BCUT2D eigenvalue weighted by Crippen LogP contribution is -2.39. The van der Waals surface area contributed by atoms with Crippen LogP contribution in [0.25, 0.3) is 0 Å². The van der Waals surface area contributed by atoms with Gasteiger partial charge in [0.15, 0.2) is 0 Å². The molecule has 2 N–H and O–H groups in total. The molecule has 1 aliphatic rings. The Kier molecular flexibility index (Phi) is 6.09. The minimum atomic E-state index is -0.228. The van der Waals surface area contributed by atoms with Crippen molar-refractivity contribution in [3.8, 4) is 11.8 Å². The van der Waals surface area contributed by atoms with Crippen molar-refractivity contribution in [1.29, 1.82) is 0 Å². The van der Waals surface area contributed by atoms with Gasteiger partial charge in [-0.15, -0.1) is 0 Å². The van der Waals surface area contributed by atoms with E-state index in [1.165, 1.54) is 0 Å². The number of aliphatic hydroxyl groups excluding tert-OH is 1. The average Bonchev–Trinajstić information content (AvgIpc) is 2.93. The first-order chi connectivity index (χ1) is 10.3. The number of hydrogen-bond donors (Lipinski definition) is 2. The minimum Gasteiger partial charge on any atom is -0.384 e. The highest BCUT2D eigenvalue weighted by atomic mass is 32.2. The van der Waals surface area contributed by atoms with Gasteiger partial charge in [-0.1, -0.05) is 25.2 Å². The molecule has 1 fully saturated rings. The van der Waals surface area contributed by atoms with Crippen LogP contribution in [-0.2, 0) is 0 Å². The average molecular weight is 304 g/mol. The first-order valence-electron chi connectivity index (χ1n) is 7.22. The van der Waals surface area contributed by atoms with Crippen molar-refractivity contribution in [2.24, 2.45) is 0 Å². The van der Waals surface area contributed by atoms with Crippen molar-refractivity contribution >= 4 is 17.7 Å². The molecule has 2 rings (SSSR count). The van der Waals surface area contributed by atoms with Gasteiger partial charge in [0.1, 0.15) is 6.61 Å². The van der Waals surface area contributed by atoms with E-state index in [0.29, 0.717) is 16.4 Å². The van der Waals surface area contributed by atoms with Crippen molar-refractivity contribution in [1.82, 2.24) is 10.3 Å². The molecule has 1 aromatic rings. The number of nitrogens with one attached hydrogen (secondary N) is 1. The Morgan fingerprint density at radius 1 is 1.57 bits per heavy atom. The molecule has 1 saturated carbocycles. The predicted octanol–water partition coefficient (Wildman–Crippen LogP) is 1.83. The standard InChI is InChI=1S/C16H20N2O2S/c1-2-21-15-7-3-6-14(15)18-16(20)13-8-9-17-11-12(13)5-4-10-19/h8-9,11,14-15,19H,2-3,6-7,10H2,1H3,(H,18,20). The van der Waals surface area contributed by atoms with E-state index < -0.39 is 0 Å². The highest BCUT2D eigenvalue weighted by molar-refractivity contribution is 7.99. The van der Waals surface area contributed by atoms with Gasteiger partial charge in [0.2, 0.25) is 0 Å². The summed E-state index contributed by atoms with van der Waals surface area (Å²) in [6.45, 7) is 1.92. The Morgan fingerprint density at radius 3 is 3.19 bits per heavy atom. The van der Waals surface area contributed by atoms with Crippen molar-refractivity contribution in [2.75, 3.05) is 12.4 Å². The first-order valence-corrected chi connectivity index (χ1v) is 8.27. The number of rotatable bonds is 4. The van der Waals surface area contributed by atoms with E-state index in [4.69, 9.17) is 5.11 Å². The Bertz CT molecular complexity index is 551. The number of amides is 1. The lowest BCUT2D eigenvalue weighted by molar-refractivity contribution is 0.0938. The maximum atomic E-state index is 12.5. The van der Waals surface area contributed by atoms with Gasteiger partial charge in [-0.3, -0.25) is 9.78 Å². The van der Waals surface area contributed by atoms with Gasteiger partial charge in [-0.25, -0.2) is 0 Å². The van der Waals surface area contributed by atoms with Gasteiger partial charge in [0.25, 0.3) is 5.91 Å². The van der Waals surface area contributed by atoms with Crippen LogP contribution in [-0.4, -0.2) is 39.6 Å². The van der Waals surface area contributed by atoms with E-state index in [1.54, 1.807) is 18.5 Å². The number of carbonyl (C=O) groups is 1. The van der Waals surface area contributed by atoms with Crippen molar-refractivity contribution < 1.29 is 9.90 Å². The Morgan fingerprint density at radius 2 is 2.43 bits per heavy atom. The molecular formula is C16H20N2O2S. The summed E-state index contributed by atoms with van der Waals surface area (Å²) < 4.78 is 0. The highest BCUT2D eigenvalue weighted by Crippen LogP contribution is 2.30. The van der Waals surface area contributed by atoms with Crippen LogP contribution in [0.15, 0.2) is 18.5 Å². The molecular weight excluding hydrogens is 284 g/mol. The van der Waals surface area contributed by atoms with E-state index >= 15 is 0 Å². The second-order valence-corrected chi connectivity index (χ2v) is 6.40. The zero-order valence-corrected chi connectivity index (χ0v) is 12.9. The summed E-state index contributed by atoms with van der Waals surface area (Å²) in [7, 11) is 0. The van der Waals surface area contributed by atoms with Crippen molar-refractivity contribution in [3.63, 3.8) is 0 Å². The topological polar surface area (TPSA) is 62.2 Å². The van der Waals surface area contributed by atoms with Gasteiger partial charge >= 0.3 is 0 Å². The summed E-state index contributed by atoms with van der Waals surface area (Å²) in [6.07, 6.45) is 6.51. The molecule has 1 amide bonds. The quantitative estimate of drug-likeness (QED) is 0.833. The van der Waals surface area contributed by atoms with Crippen LogP contribution in [0.1, 0.15) is 42.1 Å². The largest absolute Gasteiger partial charge is 0.384 e. The van der Waals surface area contributed by atoms with Crippen LogP contribution in [0.2, 0.25) is 0 Å². The van der Waals surface area contributed by atoms with Crippen LogP contribution < -0.4 is 5.32 Å².